The molecule has 2 aromatic rings. The molecule has 1 saturated heterocycles. The predicted molar refractivity (Wildman–Crippen MR) is 75.6 cm³/mol. The summed E-state index contributed by atoms with van der Waals surface area (Å²) >= 11 is 0. The van der Waals surface area contributed by atoms with Gasteiger partial charge in [-0.2, -0.15) is 0 Å². The lowest BCUT2D eigenvalue weighted by molar-refractivity contribution is 0.194. The van der Waals surface area contributed by atoms with Crippen LogP contribution in [-0.4, -0.2) is 28.0 Å². The number of hydrogen-bond acceptors (Lipinski definition) is 3. The second kappa shape index (κ2) is 6.26. The van der Waals surface area contributed by atoms with E-state index in [1.165, 1.54) is 18.2 Å². The van der Waals surface area contributed by atoms with Crippen LogP contribution < -0.4 is 0 Å². The Balaban J connectivity index is 1.72. The Morgan fingerprint density at radius 3 is 2.71 bits per heavy atom. The summed E-state index contributed by atoms with van der Waals surface area (Å²) in [6.45, 7) is 1.93. The lowest BCUT2D eigenvalue weighted by atomic mass is 9.94. The molecular weight excluding hydrogens is 272 g/mol. The van der Waals surface area contributed by atoms with Crippen molar-refractivity contribution in [1.29, 1.82) is 0 Å². The molecule has 5 heteroatoms. The van der Waals surface area contributed by atoms with Gasteiger partial charge in [0.25, 0.3) is 0 Å². The predicted octanol–water partition coefficient (Wildman–Crippen LogP) is 3.13. The van der Waals surface area contributed by atoms with Crippen LogP contribution in [0.1, 0.15) is 30.0 Å². The third-order valence-electron chi connectivity index (χ3n) is 3.97. The number of nitrogens with zero attached hydrogens (tertiary/aromatic N) is 3. The highest BCUT2D eigenvalue weighted by atomic mass is 19.1. The van der Waals surface area contributed by atoms with Crippen molar-refractivity contribution < 1.29 is 8.78 Å². The second-order valence-electron chi connectivity index (χ2n) is 5.41. The van der Waals surface area contributed by atoms with E-state index < -0.39 is 11.6 Å². The van der Waals surface area contributed by atoms with Gasteiger partial charge in [0.1, 0.15) is 18.0 Å². The van der Waals surface area contributed by atoms with E-state index in [-0.39, 0.29) is 5.56 Å². The Hall–Kier alpha value is -1.88. The van der Waals surface area contributed by atoms with Crippen molar-refractivity contribution in [3.63, 3.8) is 0 Å². The highest BCUT2D eigenvalue weighted by molar-refractivity contribution is 5.20. The van der Waals surface area contributed by atoms with Crippen molar-refractivity contribution in [2.45, 2.75) is 25.3 Å². The van der Waals surface area contributed by atoms with E-state index in [9.17, 15) is 8.78 Å². The number of aromatic nitrogens is 2. The van der Waals surface area contributed by atoms with E-state index in [0.29, 0.717) is 12.5 Å². The SMILES string of the molecule is Fc1cccc(F)c1CN1CCC[C@@H](c2ccncn2)C1. The van der Waals surface area contributed by atoms with Gasteiger partial charge in [0.05, 0.1) is 0 Å². The first-order valence-corrected chi connectivity index (χ1v) is 7.15. The summed E-state index contributed by atoms with van der Waals surface area (Å²) in [4.78, 5) is 10.3. The molecule has 0 N–H and O–H groups in total. The van der Waals surface area contributed by atoms with Crippen LogP contribution in [0.4, 0.5) is 8.78 Å². The topological polar surface area (TPSA) is 29.0 Å². The van der Waals surface area contributed by atoms with Crippen LogP contribution in [0, 0.1) is 11.6 Å². The zero-order chi connectivity index (χ0) is 14.7. The first-order valence-electron chi connectivity index (χ1n) is 7.15. The van der Waals surface area contributed by atoms with E-state index in [4.69, 9.17) is 0 Å². The van der Waals surface area contributed by atoms with Gasteiger partial charge in [-0.25, -0.2) is 18.7 Å². The highest BCUT2D eigenvalue weighted by Gasteiger charge is 2.23. The van der Waals surface area contributed by atoms with E-state index >= 15 is 0 Å². The van der Waals surface area contributed by atoms with Crippen molar-refractivity contribution in [2.24, 2.45) is 0 Å². The first kappa shape index (κ1) is 14.1. The van der Waals surface area contributed by atoms with E-state index in [2.05, 4.69) is 14.9 Å². The molecule has 1 fully saturated rings. The standard InChI is InChI=1S/C16H17F2N3/c17-14-4-1-5-15(18)13(14)10-21-8-2-3-12(9-21)16-6-7-19-11-20-16/h1,4-7,11-12H,2-3,8-10H2/t12-/m1/s1. The number of halogens is 2. The van der Waals surface area contributed by atoms with Crippen LogP contribution in [0.5, 0.6) is 0 Å². The molecule has 3 nitrogen and oxygen atoms in total. The normalized spacial score (nSPS) is 19.6. The van der Waals surface area contributed by atoms with E-state index in [1.54, 1.807) is 12.5 Å². The molecular formula is C16H17F2N3. The molecule has 0 bridgehead atoms. The quantitative estimate of drug-likeness (QED) is 0.869. The van der Waals surface area contributed by atoms with E-state index in [0.717, 1.165) is 31.6 Å². The maximum absolute atomic E-state index is 13.7. The van der Waals surface area contributed by atoms with Crippen molar-refractivity contribution in [1.82, 2.24) is 14.9 Å². The van der Waals surface area contributed by atoms with Crippen LogP contribution in [0.25, 0.3) is 0 Å². The van der Waals surface area contributed by atoms with Crippen molar-refractivity contribution in [3.05, 3.63) is 59.7 Å². The van der Waals surface area contributed by atoms with Gasteiger partial charge in [0, 0.05) is 36.5 Å². The van der Waals surface area contributed by atoms with Crippen molar-refractivity contribution in [3.8, 4) is 0 Å². The van der Waals surface area contributed by atoms with Gasteiger partial charge in [-0.05, 0) is 37.6 Å². The fourth-order valence-electron chi connectivity index (χ4n) is 2.89. The lowest BCUT2D eigenvalue weighted by Gasteiger charge is -2.32. The summed E-state index contributed by atoms with van der Waals surface area (Å²) in [5.74, 6) is -0.644. The fourth-order valence-corrected chi connectivity index (χ4v) is 2.89. The van der Waals surface area contributed by atoms with Crippen LogP contribution >= 0.6 is 0 Å². The average Bonchev–Trinajstić information content (AvgIpc) is 2.52. The molecule has 0 radical (unpaired) electrons. The Morgan fingerprint density at radius 2 is 2.00 bits per heavy atom. The Kier molecular flexibility index (Phi) is 4.20. The third-order valence-corrected chi connectivity index (χ3v) is 3.97. The van der Waals surface area contributed by atoms with E-state index in [1.807, 2.05) is 6.07 Å². The zero-order valence-corrected chi connectivity index (χ0v) is 11.7. The zero-order valence-electron chi connectivity index (χ0n) is 11.7. The molecule has 1 atom stereocenters. The van der Waals surface area contributed by atoms with Crippen molar-refractivity contribution in [2.75, 3.05) is 13.1 Å². The van der Waals surface area contributed by atoms with Gasteiger partial charge in [0.15, 0.2) is 0 Å². The van der Waals surface area contributed by atoms with Gasteiger partial charge >= 0.3 is 0 Å². The van der Waals surface area contributed by atoms with Gasteiger partial charge in [-0.15, -0.1) is 0 Å². The van der Waals surface area contributed by atoms with Crippen LogP contribution in [0.2, 0.25) is 0 Å². The number of rotatable bonds is 3. The van der Waals surface area contributed by atoms with Gasteiger partial charge in [-0.3, -0.25) is 4.90 Å². The van der Waals surface area contributed by atoms with Crippen molar-refractivity contribution >= 4 is 0 Å². The second-order valence-corrected chi connectivity index (χ2v) is 5.41. The maximum atomic E-state index is 13.7. The van der Waals surface area contributed by atoms with Gasteiger partial charge in [-0.1, -0.05) is 6.07 Å². The lowest BCUT2D eigenvalue weighted by Crippen LogP contribution is -2.34. The molecule has 2 heterocycles. The maximum Gasteiger partial charge on any atom is 0.130 e. The number of piperidine rings is 1. The molecule has 0 saturated carbocycles. The monoisotopic (exact) mass is 289 g/mol. The molecule has 1 aromatic heterocycles. The molecule has 0 amide bonds. The Bertz CT molecular complexity index is 583. The van der Waals surface area contributed by atoms with Crippen LogP contribution in [0.15, 0.2) is 36.8 Å². The van der Waals surface area contributed by atoms with Gasteiger partial charge < -0.3 is 0 Å². The summed E-state index contributed by atoms with van der Waals surface area (Å²) in [6.07, 6.45) is 5.33. The minimum absolute atomic E-state index is 0.154. The minimum atomic E-state index is -0.473. The Labute approximate surface area is 122 Å². The van der Waals surface area contributed by atoms with Gasteiger partial charge in [0.2, 0.25) is 0 Å². The Morgan fingerprint density at radius 1 is 1.19 bits per heavy atom. The molecule has 110 valence electrons. The number of likely N-dealkylation sites (tertiary alicyclic amines) is 1. The largest absolute Gasteiger partial charge is 0.298 e. The summed E-state index contributed by atoms with van der Waals surface area (Å²) < 4.78 is 27.5. The molecule has 1 aliphatic heterocycles. The summed E-state index contributed by atoms with van der Waals surface area (Å²) in [5.41, 5.74) is 1.16. The fraction of sp³-hybridized carbons (Fsp3) is 0.375. The summed E-state index contributed by atoms with van der Waals surface area (Å²) in [5, 5.41) is 0. The highest BCUT2D eigenvalue weighted by Crippen LogP contribution is 2.26. The minimum Gasteiger partial charge on any atom is -0.298 e. The molecule has 0 unspecified atom stereocenters. The van der Waals surface area contributed by atoms with Crippen LogP contribution in [0.3, 0.4) is 0 Å². The summed E-state index contributed by atoms with van der Waals surface area (Å²) in [6, 6.07) is 5.93. The molecule has 1 aromatic carbocycles. The number of benzene rings is 1. The summed E-state index contributed by atoms with van der Waals surface area (Å²) in [7, 11) is 0. The first-order chi connectivity index (χ1) is 10.2. The molecule has 3 rings (SSSR count). The molecule has 21 heavy (non-hydrogen) atoms. The molecule has 1 aliphatic rings. The average molecular weight is 289 g/mol. The molecule has 0 aliphatic carbocycles. The molecule has 0 spiro atoms. The van der Waals surface area contributed by atoms with Crippen LogP contribution in [-0.2, 0) is 6.54 Å². The smallest absolute Gasteiger partial charge is 0.130 e. The number of hydrogen-bond donors (Lipinski definition) is 0. The third kappa shape index (κ3) is 3.24.